The number of rotatable bonds is 5. The maximum atomic E-state index is 13.8. The monoisotopic (exact) mass is 317 g/mol. The van der Waals surface area contributed by atoms with E-state index in [1.807, 2.05) is 0 Å². The van der Waals surface area contributed by atoms with Crippen LogP contribution in [0.1, 0.15) is 30.1 Å². The van der Waals surface area contributed by atoms with Gasteiger partial charge in [-0.1, -0.05) is 0 Å². The van der Waals surface area contributed by atoms with Gasteiger partial charge in [0.15, 0.2) is 0 Å². The molecule has 0 aliphatic carbocycles. The van der Waals surface area contributed by atoms with Crippen molar-refractivity contribution < 1.29 is 27.4 Å². The molecule has 1 aromatic rings. The Morgan fingerprint density at radius 1 is 1.52 bits per heavy atom. The van der Waals surface area contributed by atoms with E-state index in [1.165, 1.54) is 0 Å². The fraction of sp³-hybridized carbons (Fsp3) is 0.462. The highest BCUT2D eigenvalue weighted by molar-refractivity contribution is 7.89. The summed E-state index contributed by atoms with van der Waals surface area (Å²) in [6, 6.07) is 2.68. The van der Waals surface area contributed by atoms with Crippen molar-refractivity contribution in [3.63, 3.8) is 0 Å². The number of nitrogens with one attached hydrogen (secondary N) is 1. The van der Waals surface area contributed by atoms with Crippen molar-refractivity contribution in [1.29, 1.82) is 0 Å². The molecule has 0 spiro atoms. The maximum absolute atomic E-state index is 13.8. The Morgan fingerprint density at radius 2 is 2.24 bits per heavy atom. The van der Waals surface area contributed by atoms with Gasteiger partial charge in [-0.25, -0.2) is 22.3 Å². The molecule has 0 saturated carbocycles. The third-order valence-electron chi connectivity index (χ3n) is 3.40. The quantitative estimate of drug-likeness (QED) is 0.855. The Labute approximate surface area is 122 Å². The summed E-state index contributed by atoms with van der Waals surface area (Å²) in [6.45, 7) is 2.39. The lowest BCUT2D eigenvalue weighted by Crippen LogP contribution is -2.40. The molecule has 1 atom stereocenters. The molecule has 0 radical (unpaired) electrons. The average Bonchev–Trinajstić information content (AvgIpc) is 2.84. The molecule has 0 aromatic heterocycles. The molecule has 1 fully saturated rings. The van der Waals surface area contributed by atoms with E-state index in [4.69, 9.17) is 9.84 Å². The van der Waals surface area contributed by atoms with E-state index in [1.54, 1.807) is 6.92 Å². The van der Waals surface area contributed by atoms with Gasteiger partial charge in [0, 0.05) is 13.2 Å². The van der Waals surface area contributed by atoms with Crippen molar-refractivity contribution in [2.24, 2.45) is 0 Å². The first kappa shape index (κ1) is 15.9. The molecule has 0 amide bonds. The number of ether oxygens (including phenoxy) is 1. The normalized spacial score (nSPS) is 22.4. The minimum absolute atomic E-state index is 0.0372. The third-order valence-corrected chi connectivity index (χ3v) is 4.84. The molecule has 1 aliphatic heterocycles. The van der Waals surface area contributed by atoms with E-state index in [0.29, 0.717) is 12.7 Å². The number of hydrogen-bond donors (Lipinski definition) is 2. The van der Waals surface area contributed by atoms with Crippen LogP contribution in [0, 0.1) is 5.82 Å². The second-order valence-corrected chi connectivity index (χ2v) is 6.91. The number of hydrogen-bond acceptors (Lipinski definition) is 4. The van der Waals surface area contributed by atoms with Crippen molar-refractivity contribution >= 4 is 16.0 Å². The van der Waals surface area contributed by atoms with Gasteiger partial charge in [0.1, 0.15) is 10.7 Å². The minimum atomic E-state index is -4.06. The summed E-state index contributed by atoms with van der Waals surface area (Å²) in [6.07, 6.45) is 1.57. The first-order chi connectivity index (χ1) is 9.73. The van der Waals surface area contributed by atoms with Crippen molar-refractivity contribution in [1.82, 2.24) is 4.72 Å². The molecule has 1 aliphatic rings. The van der Waals surface area contributed by atoms with Crippen LogP contribution in [-0.4, -0.2) is 38.2 Å². The zero-order valence-electron chi connectivity index (χ0n) is 11.4. The summed E-state index contributed by atoms with van der Waals surface area (Å²) in [7, 11) is -4.06. The predicted molar refractivity (Wildman–Crippen MR) is 72.1 cm³/mol. The van der Waals surface area contributed by atoms with Gasteiger partial charge < -0.3 is 9.84 Å². The van der Waals surface area contributed by atoms with Gasteiger partial charge in [0.25, 0.3) is 0 Å². The first-order valence-electron chi connectivity index (χ1n) is 6.40. The first-order valence-corrected chi connectivity index (χ1v) is 7.88. The molecule has 2 N–H and O–H groups in total. The largest absolute Gasteiger partial charge is 0.478 e. The lowest BCUT2D eigenvalue weighted by Gasteiger charge is -2.23. The summed E-state index contributed by atoms with van der Waals surface area (Å²) in [5.41, 5.74) is -0.901. The number of benzene rings is 1. The van der Waals surface area contributed by atoms with Crippen molar-refractivity contribution in [3.05, 3.63) is 29.6 Å². The maximum Gasteiger partial charge on any atom is 0.335 e. The topological polar surface area (TPSA) is 92.7 Å². The molecular weight excluding hydrogens is 301 g/mol. The minimum Gasteiger partial charge on any atom is -0.478 e. The summed E-state index contributed by atoms with van der Waals surface area (Å²) in [4.78, 5) is 10.1. The van der Waals surface area contributed by atoms with Crippen LogP contribution in [0.3, 0.4) is 0 Å². The van der Waals surface area contributed by atoms with Gasteiger partial charge in [0.05, 0.1) is 11.2 Å². The number of aromatic carboxylic acids is 1. The molecule has 1 saturated heterocycles. The molecule has 6 nitrogen and oxygen atoms in total. The highest BCUT2D eigenvalue weighted by Gasteiger charge is 2.32. The van der Waals surface area contributed by atoms with E-state index in [2.05, 4.69) is 4.72 Å². The fourth-order valence-electron chi connectivity index (χ4n) is 2.15. The smallest absolute Gasteiger partial charge is 0.335 e. The number of carboxylic acid groups (broad SMARTS) is 1. The van der Waals surface area contributed by atoms with Gasteiger partial charge in [0.2, 0.25) is 10.0 Å². The van der Waals surface area contributed by atoms with E-state index in [-0.39, 0.29) is 12.1 Å². The number of sulfonamides is 1. The molecular formula is C13H16FNO5S. The lowest BCUT2D eigenvalue weighted by molar-refractivity contribution is 0.0250. The summed E-state index contributed by atoms with van der Waals surface area (Å²) >= 11 is 0. The van der Waals surface area contributed by atoms with Crippen LogP contribution in [0.15, 0.2) is 23.1 Å². The molecule has 2 rings (SSSR count). The molecule has 0 bridgehead atoms. The second kappa shape index (κ2) is 5.70. The van der Waals surface area contributed by atoms with Crippen LogP contribution in [0.5, 0.6) is 0 Å². The van der Waals surface area contributed by atoms with Gasteiger partial charge in [-0.2, -0.15) is 0 Å². The summed E-state index contributed by atoms with van der Waals surface area (Å²) < 4.78 is 45.7. The van der Waals surface area contributed by atoms with Crippen molar-refractivity contribution in [2.75, 3.05) is 13.2 Å². The molecule has 1 unspecified atom stereocenters. The summed E-state index contributed by atoms with van der Waals surface area (Å²) in [5, 5.41) is 8.74. The van der Waals surface area contributed by atoms with Gasteiger partial charge in [-0.3, -0.25) is 0 Å². The molecule has 1 aromatic carbocycles. The standard InChI is InChI=1S/C13H16FNO5S/c1-13(5-2-6-20-13)8-15-21(18,19)11-4-3-9(12(16)17)7-10(11)14/h3-4,7,15H,2,5-6,8H2,1H3,(H,16,17). The van der Waals surface area contributed by atoms with Crippen LogP contribution in [0.25, 0.3) is 0 Å². The van der Waals surface area contributed by atoms with E-state index in [9.17, 15) is 17.6 Å². The zero-order valence-corrected chi connectivity index (χ0v) is 12.2. The van der Waals surface area contributed by atoms with E-state index < -0.39 is 32.3 Å². The number of carbonyl (C=O) groups is 1. The fourth-order valence-corrected chi connectivity index (χ4v) is 3.37. The van der Waals surface area contributed by atoms with Crippen LogP contribution in [0.2, 0.25) is 0 Å². The van der Waals surface area contributed by atoms with Crippen molar-refractivity contribution in [2.45, 2.75) is 30.3 Å². The Morgan fingerprint density at radius 3 is 2.76 bits per heavy atom. The lowest BCUT2D eigenvalue weighted by atomic mass is 10.0. The second-order valence-electron chi connectivity index (χ2n) is 5.18. The van der Waals surface area contributed by atoms with Crippen LogP contribution < -0.4 is 4.72 Å². The van der Waals surface area contributed by atoms with Crippen LogP contribution in [0.4, 0.5) is 4.39 Å². The molecule has 116 valence electrons. The van der Waals surface area contributed by atoms with Crippen LogP contribution >= 0.6 is 0 Å². The number of halogens is 1. The van der Waals surface area contributed by atoms with Gasteiger partial charge >= 0.3 is 5.97 Å². The highest BCUT2D eigenvalue weighted by Crippen LogP contribution is 2.25. The van der Waals surface area contributed by atoms with E-state index >= 15 is 0 Å². The summed E-state index contributed by atoms with van der Waals surface area (Å²) in [5.74, 6) is -2.42. The van der Waals surface area contributed by atoms with Crippen LogP contribution in [-0.2, 0) is 14.8 Å². The molecule has 1 heterocycles. The Balaban J connectivity index is 2.17. The van der Waals surface area contributed by atoms with E-state index in [0.717, 1.165) is 25.0 Å². The number of carboxylic acids is 1. The van der Waals surface area contributed by atoms with Gasteiger partial charge in [-0.15, -0.1) is 0 Å². The molecule has 8 heteroatoms. The predicted octanol–water partition coefficient (Wildman–Crippen LogP) is 1.37. The third kappa shape index (κ3) is 3.58. The Hall–Kier alpha value is -1.51. The SMILES string of the molecule is CC1(CNS(=O)(=O)c2ccc(C(=O)O)cc2F)CCCO1. The Kier molecular flexibility index (Phi) is 4.31. The highest BCUT2D eigenvalue weighted by atomic mass is 32.2. The average molecular weight is 317 g/mol. The Bertz CT molecular complexity index is 653. The molecule has 21 heavy (non-hydrogen) atoms. The van der Waals surface area contributed by atoms with Gasteiger partial charge in [-0.05, 0) is 38.0 Å². The zero-order chi connectivity index (χ0) is 15.7. The van der Waals surface area contributed by atoms with Crippen molar-refractivity contribution in [3.8, 4) is 0 Å².